The number of halogens is 1. The third-order valence-electron chi connectivity index (χ3n) is 3.41. The molecule has 0 saturated carbocycles. The highest BCUT2D eigenvalue weighted by molar-refractivity contribution is 9.10. The molecule has 1 saturated heterocycles. The zero-order valence-corrected chi connectivity index (χ0v) is 13.1. The molecule has 0 aliphatic carbocycles. The molecule has 1 heterocycles. The number of nitrogens with one attached hydrogen (secondary N) is 1. The van der Waals surface area contributed by atoms with Gasteiger partial charge in [-0.15, -0.1) is 0 Å². The predicted molar refractivity (Wildman–Crippen MR) is 79.6 cm³/mol. The molecular weight excluding hydrogens is 324 g/mol. The normalized spacial score (nSPS) is 17.9. The second-order valence-corrected chi connectivity index (χ2v) is 5.69. The Kier molecular flexibility index (Phi) is 4.65. The third-order valence-corrected chi connectivity index (χ3v) is 3.90. The average Bonchev–Trinajstić information content (AvgIpc) is 2.90. The van der Waals surface area contributed by atoms with Gasteiger partial charge in [0.25, 0.3) is 0 Å². The molecule has 1 atom stereocenters. The van der Waals surface area contributed by atoms with Crippen molar-refractivity contribution in [3.8, 4) is 0 Å². The largest absolute Gasteiger partial charge is 0.453 e. The molecule has 20 heavy (non-hydrogen) atoms. The van der Waals surface area contributed by atoms with Crippen molar-refractivity contribution in [3.05, 3.63) is 28.2 Å². The van der Waals surface area contributed by atoms with Crippen molar-refractivity contribution in [2.75, 3.05) is 19.0 Å². The standard InChI is InChI=1S/C14H17BrN2O3/c1-9-8-10(15)5-6-11(9)16-13(18)12-4-3-7-17(12)14(19)20-2/h5-6,8,12H,3-4,7H2,1-2H3,(H,16,18). The lowest BCUT2D eigenvalue weighted by Crippen LogP contribution is -2.43. The van der Waals surface area contributed by atoms with Gasteiger partial charge in [-0.05, 0) is 43.5 Å². The minimum absolute atomic E-state index is 0.168. The number of benzene rings is 1. The summed E-state index contributed by atoms with van der Waals surface area (Å²) in [6.45, 7) is 2.48. The van der Waals surface area contributed by atoms with Crippen molar-refractivity contribution in [2.24, 2.45) is 0 Å². The fourth-order valence-corrected chi connectivity index (χ4v) is 2.83. The number of nitrogens with zero attached hydrogens (tertiary/aromatic N) is 1. The van der Waals surface area contributed by atoms with E-state index >= 15 is 0 Å². The third kappa shape index (κ3) is 3.12. The van der Waals surface area contributed by atoms with Crippen LogP contribution in [0, 0.1) is 6.92 Å². The van der Waals surface area contributed by atoms with Crippen LogP contribution in [0.5, 0.6) is 0 Å². The van der Waals surface area contributed by atoms with Crippen LogP contribution >= 0.6 is 15.9 Å². The molecule has 108 valence electrons. The molecule has 6 heteroatoms. The van der Waals surface area contributed by atoms with E-state index in [0.717, 1.165) is 22.1 Å². The van der Waals surface area contributed by atoms with Crippen LogP contribution < -0.4 is 5.32 Å². The van der Waals surface area contributed by atoms with E-state index in [1.807, 2.05) is 25.1 Å². The van der Waals surface area contributed by atoms with Gasteiger partial charge in [0.1, 0.15) is 6.04 Å². The monoisotopic (exact) mass is 340 g/mol. The number of ether oxygens (including phenoxy) is 1. The predicted octanol–water partition coefficient (Wildman–Crippen LogP) is 2.93. The first kappa shape index (κ1) is 14.8. The van der Waals surface area contributed by atoms with E-state index in [0.29, 0.717) is 13.0 Å². The van der Waals surface area contributed by atoms with E-state index in [9.17, 15) is 9.59 Å². The van der Waals surface area contributed by atoms with E-state index in [1.54, 1.807) is 0 Å². The molecular formula is C14H17BrN2O3. The second kappa shape index (κ2) is 6.26. The Bertz CT molecular complexity index is 533. The molecule has 2 rings (SSSR count). The summed E-state index contributed by atoms with van der Waals surface area (Å²) in [6.07, 6.45) is 1.03. The first-order valence-corrected chi connectivity index (χ1v) is 7.24. The molecule has 0 spiro atoms. The SMILES string of the molecule is COC(=O)N1CCCC1C(=O)Nc1ccc(Br)cc1C. The van der Waals surface area contributed by atoms with Crippen molar-refractivity contribution >= 4 is 33.6 Å². The second-order valence-electron chi connectivity index (χ2n) is 4.77. The first-order chi connectivity index (χ1) is 9.52. The lowest BCUT2D eigenvalue weighted by molar-refractivity contribution is -0.119. The maximum atomic E-state index is 12.3. The van der Waals surface area contributed by atoms with Crippen LogP contribution in [-0.2, 0) is 9.53 Å². The van der Waals surface area contributed by atoms with Crippen LogP contribution in [0.2, 0.25) is 0 Å². The van der Waals surface area contributed by atoms with Crippen molar-refractivity contribution in [1.29, 1.82) is 0 Å². The Morgan fingerprint density at radius 1 is 1.45 bits per heavy atom. The lowest BCUT2D eigenvalue weighted by atomic mass is 10.1. The smallest absolute Gasteiger partial charge is 0.410 e. The van der Waals surface area contributed by atoms with Gasteiger partial charge in [-0.25, -0.2) is 4.79 Å². The van der Waals surface area contributed by atoms with Gasteiger partial charge in [0.05, 0.1) is 7.11 Å². The van der Waals surface area contributed by atoms with Crippen LogP contribution in [0.1, 0.15) is 18.4 Å². The number of hydrogen-bond acceptors (Lipinski definition) is 3. The van der Waals surface area contributed by atoms with Gasteiger partial charge in [0.15, 0.2) is 0 Å². The summed E-state index contributed by atoms with van der Waals surface area (Å²) in [6, 6.07) is 5.19. The van der Waals surface area contributed by atoms with Gasteiger partial charge in [-0.1, -0.05) is 15.9 Å². The summed E-state index contributed by atoms with van der Waals surface area (Å²) in [5.41, 5.74) is 1.73. The zero-order chi connectivity index (χ0) is 14.7. The number of amides is 2. The topological polar surface area (TPSA) is 58.6 Å². The minimum atomic E-state index is -0.453. The maximum absolute atomic E-state index is 12.3. The van der Waals surface area contributed by atoms with Gasteiger partial charge in [-0.2, -0.15) is 0 Å². The highest BCUT2D eigenvalue weighted by Gasteiger charge is 2.34. The lowest BCUT2D eigenvalue weighted by Gasteiger charge is -2.22. The fraction of sp³-hybridized carbons (Fsp3) is 0.429. The average molecular weight is 341 g/mol. The summed E-state index contributed by atoms with van der Waals surface area (Å²) in [7, 11) is 1.33. The van der Waals surface area contributed by atoms with Crippen LogP contribution in [0.25, 0.3) is 0 Å². The van der Waals surface area contributed by atoms with E-state index in [-0.39, 0.29) is 5.91 Å². The van der Waals surface area contributed by atoms with E-state index in [1.165, 1.54) is 12.0 Å². The number of carbonyl (C=O) groups excluding carboxylic acids is 2. The molecule has 1 fully saturated rings. The Morgan fingerprint density at radius 3 is 2.85 bits per heavy atom. The number of likely N-dealkylation sites (tertiary alicyclic amines) is 1. The highest BCUT2D eigenvalue weighted by atomic mass is 79.9. The number of aryl methyl sites for hydroxylation is 1. The number of carbonyl (C=O) groups is 2. The Morgan fingerprint density at radius 2 is 2.20 bits per heavy atom. The van der Waals surface area contributed by atoms with Crippen molar-refractivity contribution < 1.29 is 14.3 Å². The molecule has 1 aromatic carbocycles. The molecule has 0 bridgehead atoms. The molecule has 1 aliphatic heterocycles. The Hall–Kier alpha value is -1.56. The van der Waals surface area contributed by atoms with Crippen molar-refractivity contribution in [3.63, 3.8) is 0 Å². The van der Waals surface area contributed by atoms with Gasteiger partial charge < -0.3 is 10.1 Å². The van der Waals surface area contributed by atoms with Crippen molar-refractivity contribution in [1.82, 2.24) is 4.90 Å². The van der Waals surface area contributed by atoms with Gasteiger partial charge >= 0.3 is 6.09 Å². The molecule has 1 aromatic rings. The Balaban J connectivity index is 2.09. The maximum Gasteiger partial charge on any atom is 0.410 e. The molecule has 5 nitrogen and oxygen atoms in total. The summed E-state index contributed by atoms with van der Waals surface area (Å²) in [5.74, 6) is -0.168. The molecule has 0 aromatic heterocycles. The highest BCUT2D eigenvalue weighted by Crippen LogP contribution is 2.23. The van der Waals surface area contributed by atoms with E-state index < -0.39 is 12.1 Å². The van der Waals surface area contributed by atoms with Crippen LogP contribution in [-0.4, -0.2) is 36.6 Å². The molecule has 1 unspecified atom stereocenters. The number of methoxy groups -OCH3 is 1. The number of anilines is 1. The van der Waals surface area contributed by atoms with E-state index in [4.69, 9.17) is 4.74 Å². The van der Waals surface area contributed by atoms with Gasteiger partial charge in [-0.3, -0.25) is 9.69 Å². The zero-order valence-electron chi connectivity index (χ0n) is 11.5. The molecule has 2 amide bonds. The summed E-state index contributed by atoms with van der Waals surface area (Å²) < 4.78 is 5.67. The minimum Gasteiger partial charge on any atom is -0.453 e. The van der Waals surface area contributed by atoms with Gasteiger partial charge in [0.2, 0.25) is 5.91 Å². The summed E-state index contributed by atoms with van der Waals surface area (Å²) in [4.78, 5) is 25.4. The molecule has 1 aliphatic rings. The van der Waals surface area contributed by atoms with Crippen LogP contribution in [0.4, 0.5) is 10.5 Å². The molecule has 1 N–H and O–H groups in total. The molecule has 0 radical (unpaired) electrons. The fourth-order valence-electron chi connectivity index (χ4n) is 2.36. The summed E-state index contributed by atoms with van der Waals surface area (Å²) >= 11 is 3.38. The summed E-state index contributed by atoms with van der Waals surface area (Å²) in [5, 5.41) is 2.88. The number of hydrogen-bond donors (Lipinski definition) is 1. The van der Waals surface area contributed by atoms with Crippen LogP contribution in [0.3, 0.4) is 0 Å². The van der Waals surface area contributed by atoms with Crippen molar-refractivity contribution in [2.45, 2.75) is 25.8 Å². The van der Waals surface area contributed by atoms with Crippen LogP contribution in [0.15, 0.2) is 22.7 Å². The first-order valence-electron chi connectivity index (χ1n) is 6.44. The van der Waals surface area contributed by atoms with E-state index in [2.05, 4.69) is 21.2 Å². The quantitative estimate of drug-likeness (QED) is 0.900. The number of rotatable bonds is 2. The van der Waals surface area contributed by atoms with Gasteiger partial charge in [0, 0.05) is 16.7 Å². The Labute approximate surface area is 126 Å².